The second-order valence-corrected chi connectivity index (χ2v) is 4.80. The summed E-state index contributed by atoms with van der Waals surface area (Å²) >= 11 is 0. The highest BCUT2D eigenvalue weighted by atomic mass is 19.1. The van der Waals surface area contributed by atoms with Gasteiger partial charge >= 0.3 is 0 Å². The molecule has 5 heteroatoms. The lowest BCUT2D eigenvalue weighted by Crippen LogP contribution is -1.91. The maximum absolute atomic E-state index is 13.7. The normalized spacial score (nSPS) is 11.2. The monoisotopic (exact) mass is 298 g/mol. The molecule has 3 rings (SSSR count). The van der Waals surface area contributed by atoms with Crippen LogP contribution in [-0.4, -0.2) is 10.1 Å². The standard InChI is InChI=1S/C17H12F2N2O/c1-11-5-7-12(8-6-11)9-10-15-20-17(21-22-15)16-13(18)3-2-4-14(16)19/h2-10H,1H3/b10-9+. The van der Waals surface area contributed by atoms with Crippen molar-refractivity contribution in [2.24, 2.45) is 0 Å². The molecule has 0 atom stereocenters. The number of hydrogen-bond acceptors (Lipinski definition) is 3. The number of hydrogen-bond donors (Lipinski definition) is 0. The van der Waals surface area contributed by atoms with Crippen LogP contribution >= 0.6 is 0 Å². The topological polar surface area (TPSA) is 38.9 Å². The third-order valence-electron chi connectivity index (χ3n) is 3.12. The molecule has 3 aromatic rings. The fraction of sp³-hybridized carbons (Fsp3) is 0.0588. The molecule has 0 amide bonds. The van der Waals surface area contributed by atoms with Crippen LogP contribution in [0.4, 0.5) is 8.78 Å². The summed E-state index contributed by atoms with van der Waals surface area (Å²) in [6.45, 7) is 2.00. The molecule has 0 N–H and O–H groups in total. The highest BCUT2D eigenvalue weighted by Gasteiger charge is 2.16. The number of nitrogens with zero attached hydrogens (tertiary/aromatic N) is 2. The quantitative estimate of drug-likeness (QED) is 0.715. The minimum atomic E-state index is -0.727. The Labute approximate surface area is 125 Å². The van der Waals surface area contributed by atoms with Gasteiger partial charge in [-0.15, -0.1) is 0 Å². The fourth-order valence-corrected chi connectivity index (χ4v) is 1.96. The highest BCUT2D eigenvalue weighted by Crippen LogP contribution is 2.23. The van der Waals surface area contributed by atoms with Crippen molar-refractivity contribution in [1.82, 2.24) is 10.1 Å². The summed E-state index contributed by atoms with van der Waals surface area (Å²) < 4.78 is 32.3. The van der Waals surface area contributed by atoms with E-state index in [1.54, 1.807) is 12.2 Å². The molecule has 2 aromatic carbocycles. The van der Waals surface area contributed by atoms with E-state index in [0.29, 0.717) is 0 Å². The van der Waals surface area contributed by atoms with Crippen molar-refractivity contribution < 1.29 is 13.3 Å². The Kier molecular flexibility index (Phi) is 3.78. The van der Waals surface area contributed by atoms with Crippen molar-refractivity contribution in [2.75, 3.05) is 0 Å². The number of halogens is 2. The molecule has 22 heavy (non-hydrogen) atoms. The summed E-state index contributed by atoms with van der Waals surface area (Å²) in [4.78, 5) is 3.99. The molecular weight excluding hydrogens is 286 g/mol. The van der Waals surface area contributed by atoms with E-state index >= 15 is 0 Å². The SMILES string of the molecule is Cc1ccc(/C=C/c2nc(-c3c(F)cccc3F)no2)cc1. The van der Waals surface area contributed by atoms with Gasteiger partial charge in [0.1, 0.15) is 11.6 Å². The van der Waals surface area contributed by atoms with Gasteiger partial charge in [0.05, 0.1) is 5.56 Å². The number of rotatable bonds is 3. The van der Waals surface area contributed by atoms with Gasteiger partial charge in [-0.05, 0) is 30.7 Å². The van der Waals surface area contributed by atoms with Crippen molar-refractivity contribution in [3.8, 4) is 11.4 Å². The predicted octanol–water partition coefficient (Wildman–Crippen LogP) is 4.49. The van der Waals surface area contributed by atoms with Gasteiger partial charge in [0, 0.05) is 6.08 Å². The maximum atomic E-state index is 13.7. The van der Waals surface area contributed by atoms with Gasteiger partial charge in [0.25, 0.3) is 5.89 Å². The lowest BCUT2D eigenvalue weighted by molar-refractivity contribution is 0.410. The smallest absolute Gasteiger partial charge is 0.250 e. The van der Waals surface area contributed by atoms with E-state index in [1.165, 1.54) is 6.07 Å². The van der Waals surface area contributed by atoms with Crippen LogP contribution in [0.1, 0.15) is 17.0 Å². The Morgan fingerprint density at radius 2 is 1.64 bits per heavy atom. The largest absolute Gasteiger partial charge is 0.334 e. The van der Waals surface area contributed by atoms with E-state index < -0.39 is 11.6 Å². The van der Waals surface area contributed by atoms with Crippen LogP contribution in [0.2, 0.25) is 0 Å². The highest BCUT2D eigenvalue weighted by molar-refractivity contribution is 5.67. The van der Waals surface area contributed by atoms with Crippen LogP contribution in [-0.2, 0) is 0 Å². The molecule has 0 aliphatic rings. The Hall–Kier alpha value is -2.82. The van der Waals surface area contributed by atoms with Crippen LogP contribution in [0.3, 0.4) is 0 Å². The molecule has 0 saturated carbocycles. The van der Waals surface area contributed by atoms with Gasteiger partial charge < -0.3 is 4.52 Å². The Morgan fingerprint density at radius 3 is 2.32 bits per heavy atom. The summed E-state index contributed by atoms with van der Waals surface area (Å²) in [6.07, 6.45) is 3.38. The van der Waals surface area contributed by atoms with Gasteiger partial charge in [0.15, 0.2) is 0 Å². The molecular formula is C17H12F2N2O. The van der Waals surface area contributed by atoms with Crippen LogP contribution in [0.25, 0.3) is 23.5 Å². The minimum Gasteiger partial charge on any atom is -0.334 e. The van der Waals surface area contributed by atoms with Gasteiger partial charge in [-0.3, -0.25) is 0 Å². The van der Waals surface area contributed by atoms with Crippen LogP contribution in [0, 0.1) is 18.6 Å². The molecule has 0 aliphatic heterocycles. The zero-order valence-electron chi connectivity index (χ0n) is 11.8. The molecule has 0 unspecified atom stereocenters. The Morgan fingerprint density at radius 1 is 0.955 bits per heavy atom. The van der Waals surface area contributed by atoms with E-state index in [-0.39, 0.29) is 17.3 Å². The summed E-state index contributed by atoms with van der Waals surface area (Å²) in [7, 11) is 0. The zero-order valence-corrected chi connectivity index (χ0v) is 11.8. The lowest BCUT2D eigenvalue weighted by Gasteiger charge is -1.97. The molecule has 110 valence electrons. The molecule has 1 aromatic heterocycles. The first-order valence-electron chi connectivity index (χ1n) is 6.66. The van der Waals surface area contributed by atoms with E-state index in [9.17, 15) is 8.78 Å². The summed E-state index contributed by atoms with van der Waals surface area (Å²) in [6, 6.07) is 11.4. The van der Waals surface area contributed by atoms with Crippen molar-refractivity contribution in [1.29, 1.82) is 0 Å². The number of benzene rings is 2. The third kappa shape index (κ3) is 2.93. The molecule has 0 saturated heterocycles. The first-order chi connectivity index (χ1) is 10.6. The Bertz CT molecular complexity index is 803. The molecule has 0 spiro atoms. The molecule has 0 aliphatic carbocycles. The average molecular weight is 298 g/mol. The summed E-state index contributed by atoms with van der Waals surface area (Å²) in [5.41, 5.74) is 1.83. The first-order valence-corrected chi connectivity index (χ1v) is 6.66. The number of aromatic nitrogens is 2. The number of aryl methyl sites for hydroxylation is 1. The van der Waals surface area contributed by atoms with E-state index in [2.05, 4.69) is 10.1 Å². The lowest BCUT2D eigenvalue weighted by atomic mass is 10.1. The molecule has 0 radical (unpaired) electrons. The van der Waals surface area contributed by atoms with Gasteiger partial charge in [-0.1, -0.05) is 41.1 Å². The van der Waals surface area contributed by atoms with Gasteiger partial charge in [-0.2, -0.15) is 4.98 Å². The van der Waals surface area contributed by atoms with E-state index in [4.69, 9.17) is 4.52 Å². The second kappa shape index (κ2) is 5.89. The average Bonchev–Trinajstić information content (AvgIpc) is 2.95. The summed E-state index contributed by atoms with van der Waals surface area (Å²) in [5.74, 6) is -1.39. The van der Waals surface area contributed by atoms with Gasteiger partial charge in [0.2, 0.25) is 5.82 Å². The second-order valence-electron chi connectivity index (χ2n) is 4.80. The maximum Gasteiger partial charge on any atom is 0.250 e. The van der Waals surface area contributed by atoms with Crippen molar-refractivity contribution >= 4 is 12.2 Å². The molecule has 1 heterocycles. The van der Waals surface area contributed by atoms with Crippen molar-refractivity contribution in [3.63, 3.8) is 0 Å². The van der Waals surface area contributed by atoms with Crippen LogP contribution < -0.4 is 0 Å². The van der Waals surface area contributed by atoms with Crippen LogP contribution in [0.5, 0.6) is 0 Å². The predicted molar refractivity (Wildman–Crippen MR) is 79.8 cm³/mol. The van der Waals surface area contributed by atoms with E-state index in [0.717, 1.165) is 23.3 Å². The minimum absolute atomic E-state index is 0.112. The van der Waals surface area contributed by atoms with Gasteiger partial charge in [-0.25, -0.2) is 8.78 Å². The Balaban J connectivity index is 1.86. The van der Waals surface area contributed by atoms with Crippen LogP contribution in [0.15, 0.2) is 47.0 Å². The molecule has 3 nitrogen and oxygen atoms in total. The van der Waals surface area contributed by atoms with E-state index in [1.807, 2.05) is 31.2 Å². The molecule has 0 bridgehead atoms. The van der Waals surface area contributed by atoms with Crippen molar-refractivity contribution in [2.45, 2.75) is 6.92 Å². The van der Waals surface area contributed by atoms with Crippen molar-refractivity contribution in [3.05, 3.63) is 71.1 Å². The zero-order chi connectivity index (χ0) is 15.5. The molecule has 0 fully saturated rings. The summed E-state index contributed by atoms with van der Waals surface area (Å²) in [5, 5.41) is 3.62. The first kappa shape index (κ1) is 14.1. The fourth-order valence-electron chi connectivity index (χ4n) is 1.96. The third-order valence-corrected chi connectivity index (χ3v) is 3.12.